The van der Waals surface area contributed by atoms with Gasteiger partial charge in [-0.05, 0) is 30.3 Å². The SMILES string of the molecule is O=C(O)c1ccc2nc(NCc3ccc(Cl)s3)oc2c1. The molecule has 2 heterocycles. The number of hydrogen-bond acceptors (Lipinski definition) is 5. The van der Waals surface area contributed by atoms with Crippen LogP contribution in [-0.2, 0) is 6.54 Å². The Morgan fingerprint density at radius 3 is 2.95 bits per heavy atom. The summed E-state index contributed by atoms with van der Waals surface area (Å²) in [4.78, 5) is 16.2. The number of oxazole rings is 1. The van der Waals surface area contributed by atoms with Crippen LogP contribution in [0.25, 0.3) is 11.1 Å². The molecule has 0 saturated carbocycles. The Labute approximate surface area is 122 Å². The molecule has 3 aromatic rings. The third-order valence-corrected chi connectivity index (χ3v) is 3.91. The fraction of sp³-hybridized carbons (Fsp3) is 0.0769. The standard InChI is InChI=1S/C13H9ClN2O3S/c14-11-4-2-8(20-11)6-15-13-16-9-3-1-7(12(17)18)5-10(9)19-13/h1-5H,6H2,(H,15,16)(H,17,18). The summed E-state index contributed by atoms with van der Waals surface area (Å²) >= 11 is 7.33. The highest BCUT2D eigenvalue weighted by atomic mass is 35.5. The molecule has 0 aliphatic rings. The van der Waals surface area contributed by atoms with Crippen molar-refractivity contribution in [2.75, 3.05) is 5.32 Å². The van der Waals surface area contributed by atoms with Gasteiger partial charge in [-0.15, -0.1) is 11.3 Å². The van der Waals surface area contributed by atoms with Gasteiger partial charge in [0.2, 0.25) is 0 Å². The molecule has 2 aromatic heterocycles. The van der Waals surface area contributed by atoms with Crippen LogP contribution in [0, 0.1) is 0 Å². The first-order valence-corrected chi connectivity index (χ1v) is 6.93. The predicted molar refractivity (Wildman–Crippen MR) is 77.6 cm³/mol. The van der Waals surface area contributed by atoms with Gasteiger partial charge in [0.25, 0.3) is 6.01 Å². The smallest absolute Gasteiger partial charge is 0.335 e. The predicted octanol–water partition coefficient (Wildman–Crippen LogP) is 3.85. The molecule has 0 spiro atoms. The number of thiophene rings is 1. The van der Waals surface area contributed by atoms with E-state index >= 15 is 0 Å². The maximum atomic E-state index is 10.9. The Morgan fingerprint density at radius 2 is 2.25 bits per heavy atom. The molecule has 20 heavy (non-hydrogen) atoms. The molecule has 0 amide bonds. The van der Waals surface area contributed by atoms with Gasteiger partial charge in [-0.3, -0.25) is 0 Å². The van der Waals surface area contributed by atoms with E-state index in [9.17, 15) is 4.79 Å². The summed E-state index contributed by atoms with van der Waals surface area (Å²) in [5.41, 5.74) is 1.23. The molecule has 0 radical (unpaired) electrons. The van der Waals surface area contributed by atoms with Crippen LogP contribution >= 0.6 is 22.9 Å². The van der Waals surface area contributed by atoms with Crippen LogP contribution in [0.1, 0.15) is 15.2 Å². The third-order valence-electron chi connectivity index (χ3n) is 2.68. The molecule has 3 rings (SSSR count). The van der Waals surface area contributed by atoms with Gasteiger partial charge in [0.15, 0.2) is 5.58 Å². The number of aromatic carboxylic acids is 1. The minimum absolute atomic E-state index is 0.172. The van der Waals surface area contributed by atoms with E-state index in [0.717, 1.165) is 9.21 Å². The molecule has 2 N–H and O–H groups in total. The first-order valence-electron chi connectivity index (χ1n) is 5.74. The molecule has 5 nitrogen and oxygen atoms in total. The van der Waals surface area contributed by atoms with Crippen molar-refractivity contribution in [3.05, 3.63) is 45.1 Å². The maximum Gasteiger partial charge on any atom is 0.335 e. The minimum Gasteiger partial charge on any atom is -0.478 e. The number of carbonyl (C=O) groups is 1. The zero-order valence-corrected chi connectivity index (χ0v) is 11.7. The number of nitrogens with zero attached hydrogens (tertiary/aromatic N) is 1. The van der Waals surface area contributed by atoms with Gasteiger partial charge in [-0.2, -0.15) is 4.98 Å². The van der Waals surface area contributed by atoms with E-state index in [1.54, 1.807) is 6.07 Å². The Bertz CT molecular complexity index is 781. The second-order valence-electron chi connectivity index (χ2n) is 4.07. The van der Waals surface area contributed by atoms with Crippen molar-refractivity contribution in [3.63, 3.8) is 0 Å². The summed E-state index contributed by atoms with van der Waals surface area (Å²) in [5.74, 6) is -0.994. The lowest BCUT2D eigenvalue weighted by Crippen LogP contribution is -1.96. The summed E-state index contributed by atoms with van der Waals surface area (Å²) in [6.07, 6.45) is 0. The first kappa shape index (κ1) is 13.0. The quantitative estimate of drug-likeness (QED) is 0.765. The fourth-order valence-corrected chi connectivity index (χ4v) is 2.77. The summed E-state index contributed by atoms with van der Waals surface area (Å²) in [5, 5.41) is 12.0. The van der Waals surface area contributed by atoms with Crippen LogP contribution in [-0.4, -0.2) is 16.1 Å². The number of benzene rings is 1. The molecule has 102 valence electrons. The summed E-state index contributed by atoms with van der Waals surface area (Å²) in [6, 6.07) is 8.68. The Morgan fingerprint density at radius 1 is 1.40 bits per heavy atom. The van der Waals surface area contributed by atoms with Gasteiger partial charge in [0, 0.05) is 4.88 Å². The van der Waals surface area contributed by atoms with Gasteiger partial charge in [0.05, 0.1) is 16.4 Å². The molecule has 0 atom stereocenters. The van der Waals surface area contributed by atoms with Gasteiger partial charge >= 0.3 is 5.97 Å². The second-order valence-corrected chi connectivity index (χ2v) is 5.87. The van der Waals surface area contributed by atoms with E-state index in [2.05, 4.69) is 10.3 Å². The highest BCUT2D eigenvalue weighted by Gasteiger charge is 2.09. The van der Waals surface area contributed by atoms with Crippen LogP contribution < -0.4 is 5.32 Å². The lowest BCUT2D eigenvalue weighted by molar-refractivity contribution is 0.0697. The molecule has 0 aliphatic carbocycles. The molecule has 0 fully saturated rings. The van der Waals surface area contributed by atoms with Crippen LogP contribution in [0.2, 0.25) is 4.34 Å². The first-order chi connectivity index (χ1) is 9.61. The summed E-state index contributed by atoms with van der Waals surface area (Å²) < 4.78 is 6.20. The van der Waals surface area contributed by atoms with E-state index in [1.807, 2.05) is 12.1 Å². The Kier molecular flexibility index (Phi) is 3.33. The highest BCUT2D eigenvalue weighted by molar-refractivity contribution is 7.16. The van der Waals surface area contributed by atoms with Crippen molar-refractivity contribution >= 4 is 46.0 Å². The lowest BCUT2D eigenvalue weighted by atomic mass is 10.2. The third kappa shape index (κ3) is 2.61. The van der Waals surface area contributed by atoms with Crippen LogP contribution in [0.4, 0.5) is 6.01 Å². The Hall–Kier alpha value is -2.05. The van der Waals surface area contributed by atoms with Gasteiger partial charge < -0.3 is 14.8 Å². The van der Waals surface area contributed by atoms with Gasteiger partial charge in [-0.1, -0.05) is 11.6 Å². The van der Waals surface area contributed by atoms with E-state index in [0.29, 0.717) is 23.7 Å². The van der Waals surface area contributed by atoms with Crippen LogP contribution in [0.3, 0.4) is 0 Å². The van der Waals surface area contributed by atoms with Crippen molar-refractivity contribution in [3.8, 4) is 0 Å². The zero-order chi connectivity index (χ0) is 14.1. The monoisotopic (exact) mass is 308 g/mol. The number of carboxylic acid groups (broad SMARTS) is 1. The van der Waals surface area contributed by atoms with Crippen molar-refractivity contribution in [1.29, 1.82) is 0 Å². The number of hydrogen-bond donors (Lipinski definition) is 2. The van der Waals surface area contributed by atoms with Crippen LogP contribution in [0.5, 0.6) is 0 Å². The average molecular weight is 309 g/mol. The van der Waals surface area contributed by atoms with Gasteiger partial charge in [0.1, 0.15) is 5.52 Å². The number of fused-ring (bicyclic) bond motifs is 1. The fourth-order valence-electron chi connectivity index (χ4n) is 1.74. The Balaban J connectivity index is 1.80. The second kappa shape index (κ2) is 5.15. The van der Waals surface area contributed by atoms with E-state index in [-0.39, 0.29) is 5.56 Å². The molecule has 0 aliphatic heterocycles. The largest absolute Gasteiger partial charge is 0.478 e. The molecule has 7 heteroatoms. The zero-order valence-electron chi connectivity index (χ0n) is 10.1. The number of nitrogens with one attached hydrogen (secondary N) is 1. The van der Waals surface area contributed by atoms with E-state index in [1.165, 1.54) is 23.5 Å². The van der Waals surface area contributed by atoms with Gasteiger partial charge in [-0.25, -0.2) is 4.79 Å². The number of aromatic nitrogens is 1. The van der Waals surface area contributed by atoms with E-state index in [4.69, 9.17) is 21.1 Å². The van der Waals surface area contributed by atoms with E-state index < -0.39 is 5.97 Å². The van der Waals surface area contributed by atoms with Crippen molar-refractivity contribution in [2.45, 2.75) is 6.54 Å². The summed E-state index contributed by atoms with van der Waals surface area (Å²) in [7, 11) is 0. The molecule has 1 aromatic carbocycles. The topological polar surface area (TPSA) is 75.4 Å². The molecule has 0 saturated heterocycles. The number of rotatable bonds is 4. The average Bonchev–Trinajstić information content (AvgIpc) is 3.00. The van der Waals surface area contributed by atoms with Crippen LogP contribution in [0.15, 0.2) is 34.7 Å². The van der Waals surface area contributed by atoms with Crippen molar-refractivity contribution < 1.29 is 14.3 Å². The number of carboxylic acids is 1. The highest BCUT2D eigenvalue weighted by Crippen LogP contribution is 2.24. The normalized spacial score (nSPS) is 10.8. The lowest BCUT2D eigenvalue weighted by Gasteiger charge is -1.97. The molecule has 0 unspecified atom stereocenters. The minimum atomic E-state index is -0.994. The maximum absolute atomic E-state index is 10.9. The number of halogens is 1. The number of anilines is 1. The van der Waals surface area contributed by atoms with Crippen molar-refractivity contribution in [2.24, 2.45) is 0 Å². The summed E-state index contributed by atoms with van der Waals surface area (Å²) in [6.45, 7) is 0.552. The molecular formula is C13H9ClN2O3S. The molecule has 0 bridgehead atoms. The van der Waals surface area contributed by atoms with Crippen molar-refractivity contribution in [1.82, 2.24) is 4.98 Å². The molecular weight excluding hydrogens is 300 g/mol.